The first-order valence-electron chi connectivity index (χ1n) is 7.90. The number of fused-ring (bicyclic) bond motifs is 1. The van der Waals surface area contributed by atoms with Crippen LogP contribution in [0.5, 0.6) is 5.75 Å². The Morgan fingerprint density at radius 1 is 1.19 bits per heavy atom. The van der Waals surface area contributed by atoms with Gasteiger partial charge in [-0.15, -0.1) is 0 Å². The normalized spacial score (nSPS) is 10.9. The maximum Gasteiger partial charge on any atom is 0.286 e. The third kappa shape index (κ3) is 3.49. The average Bonchev–Trinajstić information content (AvgIpc) is 2.98. The number of aromatic nitrogens is 2. The van der Waals surface area contributed by atoms with E-state index in [2.05, 4.69) is 9.97 Å². The number of hydrogen-bond donors (Lipinski definition) is 4. The van der Waals surface area contributed by atoms with Crippen LogP contribution in [0.15, 0.2) is 36.5 Å². The van der Waals surface area contributed by atoms with E-state index in [0.717, 1.165) is 0 Å². The van der Waals surface area contributed by atoms with Crippen molar-refractivity contribution in [3.05, 3.63) is 48.0 Å². The SMILES string of the molecule is CC(C)Oc1ccc(F)c(-c2c[nH]c3ccc(C(=N)OC(=N)N)nc23)c1. The predicted octanol–water partition coefficient (Wildman–Crippen LogP) is 3.39. The number of amidine groups is 1. The molecule has 0 fully saturated rings. The summed E-state index contributed by atoms with van der Waals surface area (Å²) < 4.78 is 24.8. The molecule has 2 aromatic heterocycles. The van der Waals surface area contributed by atoms with Crippen molar-refractivity contribution < 1.29 is 13.9 Å². The Morgan fingerprint density at radius 2 is 1.96 bits per heavy atom. The van der Waals surface area contributed by atoms with Gasteiger partial charge in [0.15, 0.2) is 0 Å². The van der Waals surface area contributed by atoms with Gasteiger partial charge in [-0.1, -0.05) is 0 Å². The smallest absolute Gasteiger partial charge is 0.286 e. The average molecular weight is 355 g/mol. The highest BCUT2D eigenvalue weighted by molar-refractivity contribution is 6.00. The number of rotatable bonds is 4. The minimum absolute atomic E-state index is 0.0368. The van der Waals surface area contributed by atoms with Gasteiger partial charge in [0.2, 0.25) is 5.90 Å². The second-order valence-corrected chi connectivity index (χ2v) is 5.90. The number of nitrogens with one attached hydrogen (secondary N) is 3. The number of ether oxygens (including phenoxy) is 2. The van der Waals surface area contributed by atoms with Gasteiger partial charge in [0, 0.05) is 17.3 Å². The second kappa shape index (κ2) is 6.83. The van der Waals surface area contributed by atoms with Crippen LogP contribution in [0, 0.1) is 16.6 Å². The maximum absolute atomic E-state index is 14.4. The molecule has 0 aliphatic carbocycles. The first-order valence-corrected chi connectivity index (χ1v) is 7.90. The van der Waals surface area contributed by atoms with Crippen molar-refractivity contribution in [2.24, 2.45) is 5.73 Å². The highest BCUT2D eigenvalue weighted by Gasteiger charge is 2.16. The summed E-state index contributed by atoms with van der Waals surface area (Å²) in [6, 6.07) is 7.19. The molecule has 0 spiro atoms. The molecular weight excluding hydrogens is 337 g/mol. The Balaban J connectivity index is 2.08. The lowest BCUT2D eigenvalue weighted by molar-refractivity contribution is 0.242. The molecule has 0 bridgehead atoms. The minimum Gasteiger partial charge on any atom is -0.491 e. The van der Waals surface area contributed by atoms with Gasteiger partial charge < -0.3 is 20.2 Å². The second-order valence-electron chi connectivity index (χ2n) is 5.90. The molecule has 3 aromatic rings. The van der Waals surface area contributed by atoms with Crippen LogP contribution in [-0.2, 0) is 4.74 Å². The molecule has 0 unspecified atom stereocenters. The summed E-state index contributed by atoms with van der Waals surface area (Å²) in [5.74, 6) is -0.220. The number of nitrogens with two attached hydrogens (primary N) is 1. The van der Waals surface area contributed by atoms with E-state index in [-0.39, 0.29) is 17.7 Å². The van der Waals surface area contributed by atoms with E-state index in [9.17, 15) is 4.39 Å². The highest BCUT2D eigenvalue weighted by Crippen LogP contribution is 2.32. The summed E-state index contributed by atoms with van der Waals surface area (Å²) in [6.45, 7) is 3.78. The monoisotopic (exact) mass is 355 g/mol. The number of halogens is 1. The van der Waals surface area contributed by atoms with E-state index < -0.39 is 11.8 Å². The third-order valence-electron chi connectivity index (χ3n) is 3.57. The van der Waals surface area contributed by atoms with Gasteiger partial charge in [0.05, 0.1) is 17.1 Å². The lowest BCUT2D eigenvalue weighted by Crippen LogP contribution is -2.20. The zero-order valence-electron chi connectivity index (χ0n) is 14.3. The van der Waals surface area contributed by atoms with Crippen LogP contribution in [0.4, 0.5) is 4.39 Å². The third-order valence-corrected chi connectivity index (χ3v) is 3.57. The number of H-pyrrole nitrogens is 1. The molecule has 5 N–H and O–H groups in total. The van der Waals surface area contributed by atoms with Crippen LogP contribution in [-0.4, -0.2) is 28.0 Å². The Bertz CT molecular complexity index is 996. The molecule has 0 saturated carbocycles. The number of aromatic amines is 1. The molecule has 0 aliphatic rings. The van der Waals surface area contributed by atoms with Gasteiger partial charge in [0.25, 0.3) is 6.02 Å². The first-order chi connectivity index (χ1) is 12.3. The molecule has 0 amide bonds. The molecule has 0 radical (unpaired) electrons. The maximum atomic E-state index is 14.4. The van der Waals surface area contributed by atoms with Gasteiger partial charge in [-0.25, -0.2) is 9.37 Å². The fourth-order valence-corrected chi connectivity index (χ4v) is 2.55. The lowest BCUT2D eigenvalue weighted by Gasteiger charge is -2.11. The number of hydrogen-bond acceptors (Lipinski definition) is 5. The predicted molar refractivity (Wildman–Crippen MR) is 97.1 cm³/mol. The van der Waals surface area contributed by atoms with Crippen molar-refractivity contribution in [3.63, 3.8) is 0 Å². The van der Waals surface area contributed by atoms with Crippen LogP contribution < -0.4 is 10.5 Å². The molecule has 7 nitrogen and oxygen atoms in total. The van der Waals surface area contributed by atoms with Crippen LogP contribution >= 0.6 is 0 Å². The molecular formula is C18H18FN5O2. The summed E-state index contributed by atoms with van der Waals surface area (Å²) >= 11 is 0. The van der Waals surface area contributed by atoms with Crippen LogP contribution in [0.1, 0.15) is 19.5 Å². The molecule has 0 atom stereocenters. The molecule has 0 aliphatic heterocycles. The van der Waals surface area contributed by atoms with Crippen LogP contribution in [0.2, 0.25) is 0 Å². The van der Waals surface area contributed by atoms with E-state index in [1.807, 2.05) is 13.8 Å². The van der Waals surface area contributed by atoms with E-state index in [4.69, 9.17) is 26.0 Å². The first kappa shape index (κ1) is 17.4. The Labute approximate surface area is 149 Å². The highest BCUT2D eigenvalue weighted by atomic mass is 19.1. The fraction of sp³-hybridized carbons (Fsp3) is 0.167. The van der Waals surface area contributed by atoms with Gasteiger partial charge in [0.1, 0.15) is 17.3 Å². The van der Waals surface area contributed by atoms with E-state index >= 15 is 0 Å². The zero-order valence-corrected chi connectivity index (χ0v) is 14.3. The van der Waals surface area contributed by atoms with Crippen molar-refractivity contribution in [1.29, 1.82) is 10.8 Å². The number of pyridine rings is 1. The Hall–Kier alpha value is -3.42. The summed E-state index contributed by atoms with van der Waals surface area (Å²) in [7, 11) is 0. The number of nitrogens with zero attached hydrogens (tertiary/aromatic N) is 1. The molecule has 1 aromatic carbocycles. The lowest BCUT2D eigenvalue weighted by atomic mass is 10.1. The molecule has 134 valence electrons. The molecule has 2 heterocycles. The van der Waals surface area contributed by atoms with Gasteiger partial charge in [-0.3, -0.25) is 10.8 Å². The largest absolute Gasteiger partial charge is 0.491 e. The summed E-state index contributed by atoms with van der Waals surface area (Å²) in [5, 5.41) is 14.9. The van der Waals surface area contributed by atoms with Gasteiger partial charge in [-0.2, -0.15) is 0 Å². The van der Waals surface area contributed by atoms with Gasteiger partial charge in [-0.05, 0) is 44.2 Å². The minimum atomic E-state index is -0.601. The molecule has 3 rings (SSSR count). The Kier molecular flexibility index (Phi) is 4.57. The van der Waals surface area contributed by atoms with Crippen molar-refractivity contribution in [1.82, 2.24) is 9.97 Å². The molecule has 0 saturated heterocycles. The van der Waals surface area contributed by atoms with Crippen LogP contribution in [0.3, 0.4) is 0 Å². The van der Waals surface area contributed by atoms with Crippen molar-refractivity contribution in [2.75, 3.05) is 0 Å². The molecule has 26 heavy (non-hydrogen) atoms. The quantitative estimate of drug-likeness (QED) is 0.423. The van der Waals surface area contributed by atoms with Crippen molar-refractivity contribution in [3.8, 4) is 16.9 Å². The zero-order chi connectivity index (χ0) is 18.8. The van der Waals surface area contributed by atoms with Crippen LogP contribution in [0.25, 0.3) is 22.2 Å². The standard InChI is InChI=1S/C18H18FN5O2/c1-9(2)25-10-3-4-13(19)11(7-10)12-8-23-14-5-6-15(24-16(12)14)17(20)26-18(21)22/h3-9,20,23H,1-2H3,(H3,21,22). The van der Waals surface area contributed by atoms with Crippen molar-refractivity contribution >= 4 is 23.0 Å². The van der Waals surface area contributed by atoms with E-state index in [0.29, 0.717) is 27.9 Å². The molecule has 8 heteroatoms. The summed E-state index contributed by atoms with van der Waals surface area (Å²) in [4.78, 5) is 7.39. The van der Waals surface area contributed by atoms with Gasteiger partial charge >= 0.3 is 0 Å². The fourth-order valence-electron chi connectivity index (χ4n) is 2.55. The van der Waals surface area contributed by atoms with E-state index in [1.54, 1.807) is 30.5 Å². The topological polar surface area (TPSA) is 121 Å². The van der Waals surface area contributed by atoms with Crippen molar-refractivity contribution in [2.45, 2.75) is 20.0 Å². The summed E-state index contributed by atoms with van der Waals surface area (Å²) in [5.41, 5.74) is 7.34. The summed E-state index contributed by atoms with van der Waals surface area (Å²) in [6.07, 6.45) is 1.61. The number of benzene rings is 1. The Morgan fingerprint density at radius 3 is 2.65 bits per heavy atom. The van der Waals surface area contributed by atoms with E-state index in [1.165, 1.54) is 6.07 Å².